The summed E-state index contributed by atoms with van der Waals surface area (Å²) >= 11 is 0. The molecule has 0 radical (unpaired) electrons. The maximum absolute atomic E-state index is 10.8. The molecule has 0 aromatic heterocycles. The Kier molecular flexibility index (Phi) is 5.60. The van der Waals surface area contributed by atoms with Crippen LogP contribution in [0.4, 0.5) is 0 Å². The Labute approximate surface area is 135 Å². The lowest BCUT2D eigenvalue weighted by molar-refractivity contribution is -0.138. The summed E-state index contributed by atoms with van der Waals surface area (Å²) in [5, 5.41) is 8.87. The highest BCUT2D eigenvalue weighted by Crippen LogP contribution is 2.20. The van der Waals surface area contributed by atoms with Gasteiger partial charge in [0.25, 0.3) is 0 Å². The van der Waals surface area contributed by atoms with Crippen LogP contribution in [-0.2, 0) is 17.8 Å². The largest absolute Gasteiger partial charge is 0.496 e. The number of nitrogens with two attached hydrogens (primary N) is 1. The highest BCUT2D eigenvalue weighted by atomic mass is 16.5. The van der Waals surface area contributed by atoms with Crippen LogP contribution in [0.3, 0.4) is 0 Å². The third-order valence-corrected chi connectivity index (χ3v) is 3.54. The van der Waals surface area contributed by atoms with Gasteiger partial charge in [-0.3, -0.25) is 4.79 Å². The van der Waals surface area contributed by atoms with Crippen LogP contribution in [0, 0.1) is 6.92 Å². The van der Waals surface area contributed by atoms with Gasteiger partial charge in [0.1, 0.15) is 24.1 Å². The zero-order valence-electron chi connectivity index (χ0n) is 13.3. The van der Waals surface area contributed by atoms with Crippen LogP contribution in [0.5, 0.6) is 11.5 Å². The van der Waals surface area contributed by atoms with Crippen LogP contribution in [0.25, 0.3) is 0 Å². The molecule has 5 nitrogen and oxygen atoms in total. The van der Waals surface area contributed by atoms with Gasteiger partial charge in [-0.15, -0.1) is 0 Å². The number of hydrogen-bond donors (Lipinski definition) is 2. The van der Waals surface area contributed by atoms with E-state index >= 15 is 0 Å². The second-order valence-electron chi connectivity index (χ2n) is 5.39. The van der Waals surface area contributed by atoms with Gasteiger partial charge in [-0.1, -0.05) is 18.2 Å². The first kappa shape index (κ1) is 16.8. The number of rotatable bonds is 7. The summed E-state index contributed by atoms with van der Waals surface area (Å²) in [5.74, 6) is 0.525. The number of carbonyl (C=O) groups is 1. The van der Waals surface area contributed by atoms with E-state index in [4.69, 9.17) is 20.3 Å². The average molecular weight is 315 g/mol. The fraction of sp³-hybridized carbons (Fsp3) is 0.278. The first-order valence-electron chi connectivity index (χ1n) is 7.33. The number of ether oxygens (including phenoxy) is 2. The number of aliphatic carboxylic acids is 1. The molecule has 5 heteroatoms. The first-order chi connectivity index (χ1) is 11.0. The maximum Gasteiger partial charge on any atom is 0.320 e. The van der Waals surface area contributed by atoms with Crippen molar-refractivity contribution in [3.05, 3.63) is 59.2 Å². The number of methoxy groups -OCH3 is 1. The predicted molar refractivity (Wildman–Crippen MR) is 87.8 cm³/mol. The van der Waals surface area contributed by atoms with E-state index in [1.54, 1.807) is 7.11 Å². The summed E-state index contributed by atoms with van der Waals surface area (Å²) in [7, 11) is 1.64. The van der Waals surface area contributed by atoms with E-state index in [1.807, 2.05) is 49.4 Å². The minimum Gasteiger partial charge on any atom is -0.496 e. The van der Waals surface area contributed by atoms with Crippen LogP contribution >= 0.6 is 0 Å². The molecular formula is C18H21NO4. The number of hydrogen-bond acceptors (Lipinski definition) is 4. The van der Waals surface area contributed by atoms with Gasteiger partial charge >= 0.3 is 5.97 Å². The summed E-state index contributed by atoms with van der Waals surface area (Å²) in [6.07, 6.45) is 0.272. The molecule has 0 bridgehead atoms. The molecule has 0 heterocycles. The Bertz CT molecular complexity index is 684. The zero-order chi connectivity index (χ0) is 16.8. The molecule has 1 atom stereocenters. The van der Waals surface area contributed by atoms with Gasteiger partial charge in [-0.05, 0) is 54.3 Å². The summed E-state index contributed by atoms with van der Waals surface area (Å²) in [6.45, 7) is 2.41. The van der Waals surface area contributed by atoms with Gasteiger partial charge in [-0.2, -0.15) is 0 Å². The van der Waals surface area contributed by atoms with Gasteiger partial charge in [0.2, 0.25) is 0 Å². The fourth-order valence-electron chi connectivity index (χ4n) is 2.30. The Balaban J connectivity index is 2.00. The number of carboxylic acid groups (broad SMARTS) is 1. The minimum atomic E-state index is -1.01. The molecule has 0 amide bonds. The highest BCUT2D eigenvalue weighted by molar-refractivity contribution is 5.73. The van der Waals surface area contributed by atoms with E-state index < -0.39 is 12.0 Å². The molecule has 2 rings (SSSR count). The highest BCUT2D eigenvalue weighted by Gasteiger charge is 2.12. The molecule has 0 aliphatic rings. The smallest absolute Gasteiger partial charge is 0.320 e. The van der Waals surface area contributed by atoms with Crippen LogP contribution in [0.15, 0.2) is 42.5 Å². The van der Waals surface area contributed by atoms with Gasteiger partial charge in [0.15, 0.2) is 0 Å². The number of aryl methyl sites for hydroxylation is 1. The summed E-state index contributed by atoms with van der Waals surface area (Å²) in [6, 6.07) is 12.3. The van der Waals surface area contributed by atoms with Crippen molar-refractivity contribution < 1.29 is 19.4 Å². The van der Waals surface area contributed by atoms with Crippen LogP contribution < -0.4 is 15.2 Å². The molecule has 0 fully saturated rings. The zero-order valence-corrected chi connectivity index (χ0v) is 13.3. The van der Waals surface area contributed by atoms with Gasteiger partial charge in [-0.25, -0.2) is 0 Å². The molecule has 2 aromatic carbocycles. The van der Waals surface area contributed by atoms with Gasteiger partial charge in [0.05, 0.1) is 7.11 Å². The molecule has 0 saturated heterocycles. The topological polar surface area (TPSA) is 81.8 Å². The van der Waals surface area contributed by atoms with E-state index in [2.05, 4.69) is 0 Å². The third-order valence-electron chi connectivity index (χ3n) is 3.54. The van der Waals surface area contributed by atoms with Crippen molar-refractivity contribution in [1.82, 2.24) is 0 Å². The van der Waals surface area contributed by atoms with Crippen molar-refractivity contribution in [2.45, 2.75) is 26.0 Å². The van der Waals surface area contributed by atoms with Crippen molar-refractivity contribution in [3.63, 3.8) is 0 Å². The lowest BCUT2D eigenvalue weighted by atomic mass is 10.1. The molecule has 122 valence electrons. The molecular weight excluding hydrogens is 294 g/mol. The van der Waals surface area contributed by atoms with E-state index in [9.17, 15) is 4.79 Å². The SMILES string of the molecule is COc1ccc(COc2cccc(C[C@H](N)C(=O)O)c2)cc1C. The van der Waals surface area contributed by atoms with Gasteiger partial charge in [0, 0.05) is 0 Å². The summed E-state index contributed by atoms with van der Waals surface area (Å²) in [5.41, 5.74) is 8.48. The quantitative estimate of drug-likeness (QED) is 0.820. The monoisotopic (exact) mass is 315 g/mol. The maximum atomic E-state index is 10.8. The van der Waals surface area contributed by atoms with E-state index in [0.29, 0.717) is 12.4 Å². The third kappa shape index (κ3) is 4.72. The lowest BCUT2D eigenvalue weighted by Crippen LogP contribution is -2.32. The Morgan fingerprint density at radius 2 is 2.00 bits per heavy atom. The number of benzene rings is 2. The van der Waals surface area contributed by atoms with E-state index in [0.717, 1.165) is 22.4 Å². The van der Waals surface area contributed by atoms with Crippen LogP contribution in [0.1, 0.15) is 16.7 Å². The number of carboxylic acids is 1. The molecule has 0 saturated carbocycles. The predicted octanol–water partition coefficient (Wildman–Crippen LogP) is 2.54. The lowest BCUT2D eigenvalue weighted by Gasteiger charge is -2.11. The first-order valence-corrected chi connectivity index (χ1v) is 7.33. The molecule has 0 aliphatic heterocycles. The molecule has 2 aromatic rings. The van der Waals surface area contributed by atoms with E-state index in [1.165, 1.54) is 0 Å². The van der Waals surface area contributed by atoms with Crippen molar-refractivity contribution in [2.24, 2.45) is 5.73 Å². The molecule has 23 heavy (non-hydrogen) atoms. The van der Waals surface area contributed by atoms with Crippen molar-refractivity contribution in [2.75, 3.05) is 7.11 Å². The molecule has 3 N–H and O–H groups in total. The molecule has 0 unspecified atom stereocenters. The minimum absolute atomic E-state index is 0.272. The second-order valence-corrected chi connectivity index (χ2v) is 5.39. The van der Waals surface area contributed by atoms with Crippen molar-refractivity contribution in [1.29, 1.82) is 0 Å². The van der Waals surface area contributed by atoms with E-state index in [-0.39, 0.29) is 6.42 Å². The second kappa shape index (κ2) is 7.65. The van der Waals surface area contributed by atoms with Crippen LogP contribution in [-0.4, -0.2) is 24.2 Å². The normalized spacial score (nSPS) is 11.8. The average Bonchev–Trinajstić information content (AvgIpc) is 2.53. The Morgan fingerprint density at radius 1 is 1.22 bits per heavy atom. The summed E-state index contributed by atoms with van der Waals surface area (Å²) < 4.78 is 11.0. The molecule has 0 spiro atoms. The Hall–Kier alpha value is -2.53. The fourth-order valence-corrected chi connectivity index (χ4v) is 2.30. The van der Waals surface area contributed by atoms with Crippen molar-refractivity contribution in [3.8, 4) is 11.5 Å². The standard InChI is InChI=1S/C18H21NO4/c1-12-8-14(6-7-17(12)22-2)11-23-15-5-3-4-13(9-15)10-16(19)18(20)21/h3-9,16H,10-11,19H2,1-2H3,(H,20,21)/t16-/m0/s1. The van der Waals surface area contributed by atoms with Crippen LogP contribution in [0.2, 0.25) is 0 Å². The van der Waals surface area contributed by atoms with Crippen molar-refractivity contribution >= 4 is 5.97 Å². The molecule has 0 aliphatic carbocycles. The summed E-state index contributed by atoms with van der Waals surface area (Å²) in [4.78, 5) is 10.8. The Morgan fingerprint density at radius 3 is 2.65 bits per heavy atom. The van der Waals surface area contributed by atoms with Gasteiger partial charge < -0.3 is 20.3 Å².